The first-order valence-corrected chi connectivity index (χ1v) is 8.18. The minimum atomic E-state index is -0.163. The van der Waals surface area contributed by atoms with Crippen molar-refractivity contribution in [2.24, 2.45) is 5.41 Å². The third kappa shape index (κ3) is 5.51. The van der Waals surface area contributed by atoms with Crippen molar-refractivity contribution in [1.29, 1.82) is 0 Å². The van der Waals surface area contributed by atoms with Gasteiger partial charge >= 0.3 is 0 Å². The highest BCUT2D eigenvalue weighted by Crippen LogP contribution is 2.29. The van der Waals surface area contributed by atoms with Gasteiger partial charge in [0, 0.05) is 25.2 Å². The van der Waals surface area contributed by atoms with E-state index in [2.05, 4.69) is 30.6 Å². The molecule has 1 aliphatic rings. The Morgan fingerprint density at radius 3 is 2.05 bits per heavy atom. The van der Waals surface area contributed by atoms with Gasteiger partial charge in [-0.3, -0.25) is 0 Å². The van der Waals surface area contributed by atoms with Gasteiger partial charge in [0.25, 0.3) is 0 Å². The fourth-order valence-electron chi connectivity index (χ4n) is 2.94. The van der Waals surface area contributed by atoms with Gasteiger partial charge in [-0.25, -0.2) is 0 Å². The largest absolute Gasteiger partial charge is 0.381 e. The molecule has 4 nitrogen and oxygen atoms in total. The van der Waals surface area contributed by atoms with Crippen LogP contribution in [0.25, 0.3) is 0 Å². The predicted molar refractivity (Wildman–Crippen MR) is 83.1 cm³/mol. The van der Waals surface area contributed by atoms with Crippen molar-refractivity contribution in [2.75, 3.05) is 52.5 Å². The summed E-state index contributed by atoms with van der Waals surface area (Å²) in [5.41, 5.74) is -0.163. The molecule has 0 radical (unpaired) electrons. The summed E-state index contributed by atoms with van der Waals surface area (Å²) in [5.74, 6) is 0. The Kier molecular flexibility index (Phi) is 8.34. The summed E-state index contributed by atoms with van der Waals surface area (Å²) in [6.07, 6.45) is 4.12. The van der Waals surface area contributed by atoms with Crippen molar-refractivity contribution in [3.8, 4) is 0 Å². The first-order chi connectivity index (χ1) is 9.69. The third-order valence-corrected chi connectivity index (χ3v) is 4.57. The fraction of sp³-hybridized carbons (Fsp3) is 0.938. The Balaban J connectivity index is 2.39. The molecule has 118 valence electrons. The minimum absolute atomic E-state index is 0.163. The maximum absolute atomic E-state index is 11.5. The summed E-state index contributed by atoms with van der Waals surface area (Å²) in [5, 5.41) is 0. The molecule has 1 saturated heterocycles. The van der Waals surface area contributed by atoms with Gasteiger partial charge in [0.2, 0.25) is 0 Å². The molecule has 1 rings (SSSR count). The number of carbonyl (C=O) groups is 1. The molecule has 0 aromatic heterocycles. The van der Waals surface area contributed by atoms with Gasteiger partial charge in [-0.15, -0.1) is 0 Å². The van der Waals surface area contributed by atoms with Crippen molar-refractivity contribution < 1.29 is 9.53 Å². The first kappa shape index (κ1) is 17.6. The van der Waals surface area contributed by atoms with Crippen LogP contribution in [-0.2, 0) is 9.53 Å². The van der Waals surface area contributed by atoms with Gasteiger partial charge in [0.15, 0.2) is 0 Å². The van der Waals surface area contributed by atoms with Crippen LogP contribution in [-0.4, -0.2) is 68.6 Å². The minimum Gasteiger partial charge on any atom is -0.381 e. The number of hydrogen-bond acceptors (Lipinski definition) is 4. The van der Waals surface area contributed by atoms with E-state index in [9.17, 15) is 4.79 Å². The molecule has 4 heteroatoms. The maximum Gasteiger partial charge on any atom is 0.127 e. The molecule has 0 spiro atoms. The normalized spacial score (nSPS) is 18.6. The smallest absolute Gasteiger partial charge is 0.127 e. The van der Waals surface area contributed by atoms with Crippen LogP contribution in [0.5, 0.6) is 0 Å². The Morgan fingerprint density at radius 1 is 1.00 bits per heavy atom. The summed E-state index contributed by atoms with van der Waals surface area (Å²) in [4.78, 5) is 16.4. The molecule has 0 bridgehead atoms. The molecular formula is C16H32N2O2. The lowest BCUT2D eigenvalue weighted by Gasteiger charge is -2.36. The Bertz CT molecular complexity index is 261. The van der Waals surface area contributed by atoms with E-state index in [1.807, 2.05) is 0 Å². The summed E-state index contributed by atoms with van der Waals surface area (Å²) in [7, 11) is 0. The molecular weight excluding hydrogens is 252 g/mol. The van der Waals surface area contributed by atoms with E-state index in [1.54, 1.807) is 0 Å². The van der Waals surface area contributed by atoms with E-state index in [0.29, 0.717) is 0 Å². The molecule has 0 aromatic rings. The standard InChI is InChI=1S/C16H32N2O2/c1-4-17(5-2)10-7-11-18(6-3)14-16(15-19)8-12-20-13-9-16/h15H,4-14H2,1-3H3. The molecule has 0 unspecified atom stereocenters. The molecule has 1 fully saturated rings. The summed E-state index contributed by atoms with van der Waals surface area (Å²) in [6, 6.07) is 0. The van der Waals surface area contributed by atoms with E-state index in [0.717, 1.165) is 65.3 Å². The summed E-state index contributed by atoms with van der Waals surface area (Å²) in [6.45, 7) is 14.5. The van der Waals surface area contributed by atoms with Crippen molar-refractivity contribution in [3.63, 3.8) is 0 Å². The van der Waals surface area contributed by atoms with E-state index in [4.69, 9.17) is 4.74 Å². The summed E-state index contributed by atoms with van der Waals surface area (Å²) >= 11 is 0. The van der Waals surface area contributed by atoms with Crippen molar-refractivity contribution in [1.82, 2.24) is 9.80 Å². The second-order valence-corrected chi connectivity index (χ2v) is 5.84. The van der Waals surface area contributed by atoms with Crippen LogP contribution < -0.4 is 0 Å². The second kappa shape index (κ2) is 9.48. The predicted octanol–water partition coefficient (Wildman–Crippen LogP) is 2.04. The molecule has 0 N–H and O–H groups in total. The van der Waals surface area contributed by atoms with Crippen LogP contribution >= 0.6 is 0 Å². The molecule has 0 saturated carbocycles. The highest BCUT2D eigenvalue weighted by Gasteiger charge is 2.33. The number of aldehydes is 1. The van der Waals surface area contributed by atoms with Crippen LogP contribution in [0, 0.1) is 5.41 Å². The lowest BCUT2D eigenvalue weighted by molar-refractivity contribution is -0.123. The van der Waals surface area contributed by atoms with Crippen LogP contribution in [0.2, 0.25) is 0 Å². The Hall–Kier alpha value is -0.450. The van der Waals surface area contributed by atoms with E-state index in [1.165, 1.54) is 12.7 Å². The fourth-order valence-corrected chi connectivity index (χ4v) is 2.94. The number of hydrogen-bond donors (Lipinski definition) is 0. The zero-order chi connectivity index (χ0) is 14.8. The number of ether oxygens (including phenoxy) is 1. The molecule has 0 amide bonds. The van der Waals surface area contributed by atoms with Crippen LogP contribution in [0.15, 0.2) is 0 Å². The van der Waals surface area contributed by atoms with Crippen molar-refractivity contribution >= 4 is 6.29 Å². The molecule has 1 aliphatic heterocycles. The van der Waals surface area contributed by atoms with Gasteiger partial charge in [0.1, 0.15) is 6.29 Å². The van der Waals surface area contributed by atoms with Crippen LogP contribution in [0.4, 0.5) is 0 Å². The maximum atomic E-state index is 11.5. The Morgan fingerprint density at radius 2 is 1.55 bits per heavy atom. The van der Waals surface area contributed by atoms with Crippen molar-refractivity contribution in [2.45, 2.75) is 40.0 Å². The van der Waals surface area contributed by atoms with Gasteiger partial charge < -0.3 is 19.3 Å². The van der Waals surface area contributed by atoms with E-state index >= 15 is 0 Å². The summed E-state index contributed by atoms with van der Waals surface area (Å²) < 4.78 is 5.40. The molecule has 0 aromatic carbocycles. The highest BCUT2D eigenvalue weighted by molar-refractivity contribution is 5.60. The van der Waals surface area contributed by atoms with E-state index < -0.39 is 0 Å². The van der Waals surface area contributed by atoms with Crippen LogP contribution in [0.3, 0.4) is 0 Å². The Labute approximate surface area is 124 Å². The zero-order valence-corrected chi connectivity index (χ0v) is 13.6. The molecule has 0 atom stereocenters. The number of carbonyl (C=O) groups excluding carboxylic acids is 1. The SMILES string of the molecule is CCN(CC)CCCN(CC)CC1(C=O)CCOCC1. The van der Waals surface area contributed by atoms with Gasteiger partial charge in [-0.05, 0) is 52.0 Å². The molecule has 20 heavy (non-hydrogen) atoms. The zero-order valence-electron chi connectivity index (χ0n) is 13.6. The lowest BCUT2D eigenvalue weighted by atomic mass is 9.81. The molecule has 1 heterocycles. The first-order valence-electron chi connectivity index (χ1n) is 8.18. The highest BCUT2D eigenvalue weighted by atomic mass is 16.5. The van der Waals surface area contributed by atoms with E-state index in [-0.39, 0.29) is 5.41 Å². The monoisotopic (exact) mass is 284 g/mol. The molecule has 0 aliphatic carbocycles. The van der Waals surface area contributed by atoms with Crippen molar-refractivity contribution in [3.05, 3.63) is 0 Å². The van der Waals surface area contributed by atoms with Gasteiger partial charge in [-0.1, -0.05) is 20.8 Å². The quantitative estimate of drug-likeness (QED) is 0.575. The van der Waals surface area contributed by atoms with Crippen LogP contribution in [0.1, 0.15) is 40.0 Å². The van der Waals surface area contributed by atoms with Gasteiger partial charge in [-0.2, -0.15) is 0 Å². The number of rotatable bonds is 10. The van der Waals surface area contributed by atoms with Gasteiger partial charge in [0.05, 0.1) is 0 Å². The number of nitrogens with zero attached hydrogens (tertiary/aromatic N) is 2. The topological polar surface area (TPSA) is 32.8 Å². The average Bonchev–Trinajstić information content (AvgIpc) is 2.51. The lowest BCUT2D eigenvalue weighted by Crippen LogP contribution is -2.43. The average molecular weight is 284 g/mol. The second-order valence-electron chi connectivity index (χ2n) is 5.84. The third-order valence-electron chi connectivity index (χ3n) is 4.57.